The van der Waals surface area contributed by atoms with E-state index in [1.54, 1.807) is 7.11 Å². The Labute approximate surface area is 103 Å². The zero-order valence-electron chi connectivity index (χ0n) is 10.6. The van der Waals surface area contributed by atoms with Crippen LogP contribution in [0.2, 0.25) is 0 Å². The topological polar surface area (TPSA) is 33.0 Å². The molecule has 0 spiro atoms. The van der Waals surface area contributed by atoms with Crippen molar-refractivity contribution in [2.24, 2.45) is 5.92 Å². The number of ether oxygens (including phenoxy) is 1. The maximum Gasteiger partial charge on any atom is 0.123 e. The van der Waals surface area contributed by atoms with Crippen LogP contribution in [0.3, 0.4) is 0 Å². The third kappa shape index (κ3) is 2.15. The van der Waals surface area contributed by atoms with Gasteiger partial charge in [0.25, 0.3) is 0 Å². The van der Waals surface area contributed by atoms with Crippen molar-refractivity contribution in [1.82, 2.24) is 0 Å². The van der Waals surface area contributed by atoms with Gasteiger partial charge in [0.15, 0.2) is 0 Å². The molecule has 1 aromatic rings. The van der Waals surface area contributed by atoms with Crippen molar-refractivity contribution in [3.63, 3.8) is 0 Å². The van der Waals surface area contributed by atoms with Crippen molar-refractivity contribution in [2.75, 3.05) is 7.11 Å². The number of para-hydroxylation sites is 1. The first kappa shape index (κ1) is 12.0. The minimum atomic E-state index is -0.334. The predicted octanol–water partition coefficient (Wildman–Crippen LogP) is 3.67. The van der Waals surface area contributed by atoms with Gasteiger partial charge in [0.2, 0.25) is 0 Å². The molecular formula is C15H19NO. The zero-order valence-corrected chi connectivity index (χ0v) is 10.6. The van der Waals surface area contributed by atoms with Crippen LogP contribution in [0.4, 0.5) is 0 Å². The van der Waals surface area contributed by atoms with E-state index in [1.807, 2.05) is 24.3 Å². The highest BCUT2D eigenvalue weighted by molar-refractivity contribution is 5.44. The van der Waals surface area contributed by atoms with Crippen molar-refractivity contribution in [1.29, 1.82) is 5.26 Å². The Morgan fingerprint density at radius 3 is 2.53 bits per heavy atom. The van der Waals surface area contributed by atoms with Gasteiger partial charge in [-0.15, -0.1) is 0 Å². The lowest BCUT2D eigenvalue weighted by Crippen LogP contribution is -2.30. The van der Waals surface area contributed by atoms with Gasteiger partial charge in [0, 0.05) is 5.56 Å². The third-order valence-corrected chi connectivity index (χ3v) is 3.96. The molecule has 17 heavy (non-hydrogen) atoms. The highest BCUT2D eigenvalue weighted by atomic mass is 16.5. The molecule has 1 aromatic carbocycles. The molecule has 2 heteroatoms. The Bertz CT molecular complexity index is 425. The van der Waals surface area contributed by atoms with E-state index in [1.165, 1.54) is 0 Å². The molecule has 1 saturated carbocycles. The van der Waals surface area contributed by atoms with Crippen LogP contribution >= 0.6 is 0 Å². The molecule has 0 atom stereocenters. The quantitative estimate of drug-likeness (QED) is 0.775. The van der Waals surface area contributed by atoms with Gasteiger partial charge in [-0.1, -0.05) is 25.1 Å². The zero-order chi connectivity index (χ0) is 12.3. The van der Waals surface area contributed by atoms with Gasteiger partial charge in [-0.05, 0) is 37.7 Å². The highest BCUT2D eigenvalue weighted by Crippen LogP contribution is 2.44. The fourth-order valence-corrected chi connectivity index (χ4v) is 2.74. The number of methoxy groups -OCH3 is 1. The monoisotopic (exact) mass is 229 g/mol. The lowest BCUT2D eigenvalue weighted by molar-refractivity contribution is 0.286. The number of nitriles is 1. The van der Waals surface area contributed by atoms with Gasteiger partial charge < -0.3 is 4.74 Å². The lowest BCUT2D eigenvalue weighted by Gasteiger charge is -2.34. The standard InChI is InChI=1S/C15H19NO/c1-12-7-9-15(11-16,10-8-12)13-5-3-4-6-14(13)17-2/h3-6,12H,7-10H2,1-2H3. The second kappa shape index (κ2) is 4.79. The molecule has 0 heterocycles. The van der Waals surface area contributed by atoms with E-state index < -0.39 is 0 Å². The molecule has 0 amide bonds. The molecule has 0 saturated heterocycles. The number of nitrogens with zero attached hydrogens (tertiary/aromatic N) is 1. The van der Waals surface area contributed by atoms with Gasteiger partial charge in [-0.3, -0.25) is 0 Å². The minimum Gasteiger partial charge on any atom is -0.496 e. The molecule has 0 aromatic heterocycles. The number of benzene rings is 1. The fourth-order valence-electron chi connectivity index (χ4n) is 2.74. The molecule has 0 N–H and O–H groups in total. The first-order valence-electron chi connectivity index (χ1n) is 6.26. The first-order valence-corrected chi connectivity index (χ1v) is 6.26. The molecule has 90 valence electrons. The molecule has 0 aliphatic heterocycles. The van der Waals surface area contributed by atoms with E-state index in [4.69, 9.17) is 4.74 Å². The molecule has 0 bridgehead atoms. The van der Waals surface area contributed by atoms with Crippen molar-refractivity contribution in [3.8, 4) is 11.8 Å². The summed E-state index contributed by atoms with van der Waals surface area (Å²) in [4.78, 5) is 0. The SMILES string of the molecule is COc1ccccc1C1(C#N)CCC(C)CC1. The molecular weight excluding hydrogens is 210 g/mol. The molecule has 1 fully saturated rings. The highest BCUT2D eigenvalue weighted by Gasteiger charge is 2.37. The van der Waals surface area contributed by atoms with Crippen molar-refractivity contribution in [3.05, 3.63) is 29.8 Å². The van der Waals surface area contributed by atoms with Crippen molar-refractivity contribution in [2.45, 2.75) is 38.0 Å². The smallest absolute Gasteiger partial charge is 0.123 e. The van der Waals surface area contributed by atoms with Gasteiger partial charge >= 0.3 is 0 Å². The third-order valence-electron chi connectivity index (χ3n) is 3.96. The van der Waals surface area contributed by atoms with E-state index >= 15 is 0 Å². The Balaban J connectivity index is 2.38. The number of hydrogen-bond acceptors (Lipinski definition) is 2. The molecule has 1 aliphatic carbocycles. The fraction of sp³-hybridized carbons (Fsp3) is 0.533. The summed E-state index contributed by atoms with van der Waals surface area (Å²) in [5.41, 5.74) is 0.732. The van der Waals surface area contributed by atoms with E-state index in [0.29, 0.717) is 0 Å². The van der Waals surface area contributed by atoms with Crippen LogP contribution < -0.4 is 4.74 Å². The van der Waals surface area contributed by atoms with Crippen molar-refractivity contribution >= 4 is 0 Å². The number of hydrogen-bond donors (Lipinski definition) is 0. The van der Waals surface area contributed by atoms with Gasteiger partial charge in [-0.2, -0.15) is 5.26 Å². The largest absolute Gasteiger partial charge is 0.496 e. The number of rotatable bonds is 2. The van der Waals surface area contributed by atoms with E-state index in [2.05, 4.69) is 13.0 Å². The van der Waals surface area contributed by atoms with Crippen LogP contribution in [0.1, 0.15) is 38.2 Å². The average Bonchev–Trinajstić information content (AvgIpc) is 2.40. The van der Waals surface area contributed by atoms with Crippen LogP contribution in [0.15, 0.2) is 24.3 Å². The summed E-state index contributed by atoms with van der Waals surface area (Å²) < 4.78 is 5.40. The van der Waals surface area contributed by atoms with E-state index in [0.717, 1.165) is 42.9 Å². The molecule has 0 radical (unpaired) electrons. The second-order valence-electron chi connectivity index (χ2n) is 5.08. The molecule has 0 unspecified atom stereocenters. The summed E-state index contributed by atoms with van der Waals surface area (Å²) in [7, 11) is 1.68. The molecule has 1 aliphatic rings. The Hall–Kier alpha value is -1.49. The second-order valence-corrected chi connectivity index (χ2v) is 5.08. The maximum absolute atomic E-state index is 9.60. The summed E-state index contributed by atoms with van der Waals surface area (Å²) in [6.45, 7) is 2.27. The lowest BCUT2D eigenvalue weighted by atomic mass is 9.67. The van der Waals surface area contributed by atoms with Gasteiger partial charge in [0.05, 0.1) is 18.6 Å². The summed E-state index contributed by atoms with van der Waals surface area (Å²) >= 11 is 0. The maximum atomic E-state index is 9.60. The average molecular weight is 229 g/mol. The van der Waals surface area contributed by atoms with Crippen LogP contribution in [-0.4, -0.2) is 7.11 Å². The Kier molecular flexibility index (Phi) is 3.38. The first-order chi connectivity index (χ1) is 8.22. The van der Waals surface area contributed by atoms with Crippen LogP contribution in [0, 0.1) is 17.2 Å². The summed E-state index contributed by atoms with van der Waals surface area (Å²) in [6.07, 6.45) is 4.16. The predicted molar refractivity (Wildman–Crippen MR) is 67.9 cm³/mol. The van der Waals surface area contributed by atoms with Gasteiger partial charge in [0.1, 0.15) is 5.75 Å². The normalized spacial score (nSPS) is 28.4. The molecule has 2 nitrogen and oxygen atoms in total. The van der Waals surface area contributed by atoms with E-state index in [9.17, 15) is 5.26 Å². The van der Waals surface area contributed by atoms with Crippen molar-refractivity contribution < 1.29 is 4.74 Å². The summed E-state index contributed by atoms with van der Waals surface area (Å²) in [5, 5.41) is 9.60. The summed E-state index contributed by atoms with van der Waals surface area (Å²) in [6, 6.07) is 10.5. The summed E-state index contributed by atoms with van der Waals surface area (Å²) in [5.74, 6) is 1.59. The minimum absolute atomic E-state index is 0.334. The molecule has 2 rings (SSSR count). The Morgan fingerprint density at radius 2 is 1.94 bits per heavy atom. The van der Waals surface area contributed by atoms with E-state index in [-0.39, 0.29) is 5.41 Å². The van der Waals surface area contributed by atoms with Crippen LogP contribution in [-0.2, 0) is 5.41 Å². The van der Waals surface area contributed by atoms with Crippen LogP contribution in [0.5, 0.6) is 5.75 Å². The van der Waals surface area contributed by atoms with Gasteiger partial charge in [-0.25, -0.2) is 0 Å². The van der Waals surface area contributed by atoms with Crippen LogP contribution in [0.25, 0.3) is 0 Å². The Morgan fingerprint density at radius 1 is 1.29 bits per heavy atom.